The van der Waals surface area contributed by atoms with Crippen LogP contribution in [0.15, 0.2) is 39.6 Å². The SMILES string of the molecule is COc1cc(C)c(S(=O)(=O)N(Cc2nc(C(=O)N3CCN(CC4=CNC(C)N4)CC3)co2)C2CC2)c(C)c1. The Morgan fingerprint density at radius 1 is 1.18 bits per heavy atom. The highest BCUT2D eigenvalue weighted by atomic mass is 32.2. The van der Waals surface area contributed by atoms with Gasteiger partial charge in [-0.05, 0) is 56.9 Å². The van der Waals surface area contributed by atoms with Crippen molar-refractivity contribution in [3.63, 3.8) is 0 Å². The first-order chi connectivity index (χ1) is 18.2. The molecule has 11 nitrogen and oxygen atoms in total. The average molecular weight is 545 g/mol. The molecule has 1 saturated carbocycles. The molecule has 1 atom stereocenters. The summed E-state index contributed by atoms with van der Waals surface area (Å²) in [6.45, 7) is 9.11. The summed E-state index contributed by atoms with van der Waals surface area (Å²) in [6, 6.07) is 3.35. The maximum Gasteiger partial charge on any atom is 0.275 e. The molecule has 12 heteroatoms. The van der Waals surface area contributed by atoms with Crippen molar-refractivity contribution in [1.82, 2.24) is 29.7 Å². The minimum atomic E-state index is -3.81. The molecule has 38 heavy (non-hydrogen) atoms. The lowest BCUT2D eigenvalue weighted by Crippen LogP contribution is -2.49. The Bertz CT molecular complexity index is 1300. The number of rotatable bonds is 9. The summed E-state index contributed by atoms with van der Waals surface area (Å²) in [5, 5.41) is 6.61. The van der Waals surface area contributed by atoms with Crippen LogP contribution in [0.25, 0.3) is 0 Å². The first-order valence-corrected chi connectivity index (χ1v) is 14.4. The number of benzene rings is 1. The number of hydrogen-bond donors (Lipinski definition) is 2. The Labute approximate surface area is 223 Å². The molecule has 2 N–H and O–H groups in total. The van der Waals surface area contributed by atoms with E-state index in [0.717, 1.165) is 38.2 Å². The zero-order valence-corrected chi connectivity index (χ0v) is 23.2. The van der Waals surface area contributed by atoms with E-state index in [2.05, 4.69) is 27.4 Å². The number of sulfonamides is 1. The summed E-state index contributed by atoms with van der Waals surface area (Å²) in [6.07, 6.45) is 5.15. The molecule has 2 fully saturated rings. The molecule has 1 saturated heterocycles. The molecule has 0 bridgehead atoms. The predicted octanol–water partition coefficient (Wildman–Crippen LogP) is 1.79. The van der Waals surface area contributed by atoms with Crippen LogP contribution >= 0.6 is 0 Å². The highest BCUT2D eigenvalue weighted by Gasteiger charge is 2.40. The number of oxazole rings is 1. The second-order valence-electron chi connectivity index (χ2n) is 10.3. The van der Waals surface area contributed by atoms with Gasteiger partial charge < -0.3 is 24.7 Å². The van der Waals surface area contributed by atoms with E-state index in [1.807, 2.05) is 6.20 Å². The lowest BCUT2D eigenvalue weighted by Gasteiger charge is -2.34. The normalized spacial score (nSPS) is 20.3. The molecular formula is C26H36N6O5S. The topological polar surface area (TPSA) is 120 Å². The van der Waals surface area contributed by atoms with Gasteiger partial charge >= 0.3 is 0 Å². The minimum absolute atomic E-state index is 0.0203. The second kappa shape index (κ2) is 10.6. The molecule has 1 aliphatic carbocycles. The fraction of sp³-hybridized carbons (Fsp3) is 0.538. The molecule has 1 amide bonds. The van der Waals surface area contributed by atoms with Crippen LogP contribution in [-0.2, 0) is 16.6 Å². The molecule has 3 heterocycles. The molecule has 0 spiro atoms. The van der Waals surface area contributed by atoms with Gasteiger partial charge in [-0.15, -0.1) is 0 Å². The monoisotopic (exact) mass is 544 g/mol. The molecule has 1 aromatic carbocycles. The van der Waals surface area contributed by atoms with Gasteiger partial charge in [0.1, 0.15) is 12.0 Å². The summed E-state index contributed by atoms with van der Waals surface area (Å²) in [4.78, 5) is 21.9. The summed E-state index contributed by atoms with van der Waals surface area (Å²) in [5.41, 5.74) is 2.60. The van der Waals surface area contributed by atoms with Crippen LogP contribution in [0.2, 0.25) is 0 Å². The fourth-order valence-corrected chi connectivity index (χ4v) is 7.18. The van der Waals surface area contributed by atoms with Gasteiger partial charge in [-0.1, -0.05) is 0 Å². The second-order valence-corrected chi connectivity index (χ2v) is 12.1. The van der Waals surface area contributed by atoms with Crippen molar-refractivity contribution in [3.05, 3.63) is 53.0 Å². The quantitative estimate of drug-likeness (QED) is 0.487. The number of hydrogen-bond acceptors (Lipinski definition) is 9. The smallest absolute Gasteiger partial charge is 0.275 e. The van der Waals surface area contributed by atoms with E-state index in [-0.39, 0.29) is 41.1 Å². The fourth-order valence-electron chi connectivity index (χ4n) is 5.13. The van der Waals surface area contributed by atoms with Gasteiger partial charge in [-0.25, -0.2) is 13.4 Å². The van der Waals surface area contributed by atoms with E-state index in [1.165, 1.54) is 10.6 Å². The standard InChI is InChI=1S/C26H36N6O5S/c1-17-11-22(36-4)12-18(2)25(17)38(34,35)32(21-5-6-21)15-24-29-23(16-37-24)26(33)31-9-7-30(8-10-31)14-20-13-27-19(3)28-20/h11-13,16,19,21,27-28H,5-10,14-15H2,1-4H3. The zero-order valence-electron chi connectivity index (χ0n) is 22.4. The van der Waals surface area contributed by atoms with Crippen molar-refractivity contribution >= 4 is 15.9 Å². The number of methoxy groups -OCH3 is 1. The van der Waals surface area contributed by atoms with Crippen molar-refractivity contribution in [2.24, 2.45) is 0 Å². The Kier molecular flexibility index (Phi) is 7.38. The Morgan fingerprint density at radius 3 is 2.45 bits per heavy atom. The van der Waals surface area contributed by atoms with Crippen LogP contribution in [0.4, 0.5) is 0 Å². The van der Waals surface area contributed by atoms with Crippen molar-refractivity contribution in [2.75, 3.05) is 39.8 Å². The number of carbonyl (C=O) groups excluding carboxylic acids is 1. The Balaban J connectivity index is 1.24. The van der Waals surface area contributed by atoms with Crippen molar-refractivity contribution < 1.29 is 22.4 Å². The lowest BCUT2D eigenvalue weighted by molar-refractivity contribution is 0.0640. The zero-order chi connectivity index (χ0) is 27.0. The molecule has 0 radical (unpaired) electrons. The lowest BCUT2D eigenvalue weighted by atomic mass is 10.1. The van der Waals surface area contributed by atoms with Crippen LogP contribution in [-0.4, -0.2) is 85.5 Å². The third-order valence-electron chi connectivity index (χ3n) is 7.22. The summed E-state index contributed by atoms with van der Waals surface area (Å²) >= 11 is 0. The molecular weight excluding hydrogens is 508 g/mol. The van der Waals surface area contributed by atoms with E-state index in [4.69, 9.17) is 9.15 Å². The van der Waals surface area contributed by atoms with Gasteiger partial charge in [0.25, 0.3) is 5.91 Å². The predicted molar refractivity (Wildman–Crippen MR) is 141 cm³/mol. The van der Waals surface area contributed by atoms with E-state index >= 15 is 0 Å². The number of aryl methyl sites for hydroxylation is 2. The van der Waals surface area contributed by atoms with Crippen LogP contribution in [0.1, 0.15) is 47.3 Å². The maximum atomic E-state index is 13.7. The summed E-state index contributed by atoms with van der Waals surface area (Å²) in [5.74, 6) is 0.635. The Hall–Kier alpha value is -3.09. The first kappa shape index (κ1) is 26.5. The molecule has 2 aliphatic heterocycles. The minimum Gasteiger partial charge on any atom is -0.497 e. The molecule has 2 aromatic rings. The van der Waals surface area contributed by atoms with Crippen molar-refractivity contribution in [3.8, 4) is 5.75 Å². The molecule has 1 aromatic heterocycles. The number of nitrogens with one attached hydrogen (secondary N) is 2. The highest BCUT2D eigenvalue weighted by molar-refractivity contribution is 7.89. The number of piperazine rings is 1. The third-order valence-corrected chi connectivity index (χ3v) is 9.42. The van der Waals surface area contributed by atoms with Gasteiger partial charge in [0, 0.05) is 50.7 Å². The first-order valence-electron chi connectivity index (χ1n) is 13.0. The van der Waals surface area contributed by atoms with Gasteiger partial charge in [-0.2, -0.15) is 4.31 Å². The third kappa shape index (κ3) is 5.52. The van der Waals surface area contributed by atoms with Crippen LogP contribution in [0.5, 0.6) is 5.75 Å². The van der Waals surface area contributed by atoms with Crippen LogP contribution in [0, 0.1) is 13.8 Å². The average Bonchev–Trinajstić information content (AvgIpc) is 3.46. The van der Waals surface area contributed by atoms with Gasteiger partial charge in [0.15, 0.2) is 5.69 Å². The van der Waals surface area contributed by atoms with E-state index < -0.39 is 10.0 Å². The largest absolute Gasteiger partial charge is 0.497 e. The number of ether oxygens (including phenoxy) is 1. The van der Waals surface area contributed by atoms with Crippen molar-refractivity contribution in [2.45, 2.75) is 57.3 Å². The van der Waals surface area contributed by atoms with Gasteiger partial charge in [-0.3, -0.25) is 9.69 Å². The number of carbonyl (C=O) groups is 1. The maximum absolute atomic E-state index is 13.7. The van der Waals surface area contributed by atoms with Crippen LogP contribution in [0.3, 0.4) is 0 Å². The Morgan fingerprint density at radius 2 is 1.87 bits per heavy atom. The number of nitrogens with zero attached hydrogens (tertiary/aromatic N) is 4. The summed E-state index contributed by atoms with van der Waals surface area (Å²) < 4.78 is 39.8. The van der Waals surface area contributed by atoms with E-state index in [1.54, 1.807) is 38.0 Å². The molecule has 5 rings (SSSR count). The number of amides is 1. The van der Waals surface area contributed by atoms with Gasteiger partial charge in [0.2, 0.25) is 15.9 Å². The van der Waals surface area contributed by atoms with Gasteiger partial charge in [0.05, 0.1) is 24.7 Å². The van der Waals surface area contributed by atoms with Crippen LogP contribution < -0.4 is 15.4 Å². The molecule has 1 unspecified atom stereocenters. The summed E-state index contributed by atoms with van der Waals surface area (Å²) in [7, 11) is -2.25. The molecule has 206 valence electrons. The molecule has 3 aliphatic rings. The highest BCUT2D eigenvalue weighted by Crippen LogP contribution is 2.36. The van der Waals surface area contributed by atoms with E-state index in [9.17, 15) is 13.2 Å². The van der Waals surface area contributed by atoms with E-state index in [0.29, 0.717) is 30.0 Å². The van der Waals surface area contributed by atoms with Crippen molar-refractivity contribution in [1.29, 1.82) is 0 Å². The number of aromatic nitrogens is 1.